The minimum Gasteiger partial charge on any atom is -0.397 e. The summed E-state index contributed by atoms with van der Waals surface area (Å²) in [4.78, 5) is 13.8. The van der Waals surface area contributed by atoms with Crippen LogP contribution in [0, 0.1) is 5.82 Å². The van der Waals surface area contributed by atoms with Crippen molar-refractivity contribution in [3.05, 3.63) is 44.8 Å². The number of likely N-dealkylation sites (N-methyl/N-ethyl adjacent to an activating group) is 1. The van der Waals surface area contributed by atoms with Crippen molar-refractivity contribution in [2.75, 3.05) is 24.6 Å². The molecule has 1 aromatic heterocycles. The molecular formula is C14H15BrFN3OS. The van der Waals surface area contributed by atoms with Crippen molar-refractivity contribution in [3.63, 3.8) is 0 Å². The summed E-state index contributed by atoms with van der Waals surface area (Å²) in [5, 5.41) is 4.72. The number of nitrogens with zero attached hydrogens (tertiary/aromatic N) is 1. The second kappa shape index (κ2) is 7.02. The first kappa shape index (κ1) is 15.9. The molecule has 112 valence electrons. The largest absolute Gasteiger partial charge is 0.397 e. The Hall–Kier alpha value is -1.44. The summed E-state index contributed by atoms with van der Waals surface area (Å²) in [5.41, 5.74) is 7.44. The Kier molecular flexibility index (Phi) is 5.33. The van der Waals surface area contributed by atoms with Crippen molar-refractivity contribution in [2.24, 2.45) is 0 Å². The number of nitrogens with one attached hydrogen (secondary N) is 1. The van der Waals surface area contributed by atoms with Crippen LogP contribution in [0.2, 0.25) is 0 Å². The molecule has 1 aromatic carbocycles. The van der Waals surface area contributed by atoms with Crippen molar-refractivity contribution >= 4 is 44.5 Å². The first-order chi connectivity index (χ1) is 9.94. The molecule has 0 saturated heterocycles. The molecule has 1 heterocycles. The number of hydrogen-bond donors (Lipinski definition) is 2. The predicted octanol–water partition coefficient (Wildman–Crippen LogP) is 3.30. The van der Waals surface area contributed by atoms with Crippen molar-refractivity contribution < 1.29 is 9.18 Å². The molecule has 0 aliphatic rings. The second-order valence-electron chi connectivity index (χ2n) is 4.71. The number of anilines is 2. The maximum absolute atomic E-state index is 12.9. The normalized spacial score (nSPS) is 10.9. The zero-order valence-electron chi connectivity index (χ0n) is 11.4. The fraction of sp³-hybridized carbons (Fsp3) is 0.214. The lowest BCUT2D eigenvalue weighted by Gasteiger charge is -2.16. The standard InChI is InChI=1S/C14H15BrFN3OS/c1-19(6-9-4-13(15)21-8-9)7-14(20)18-12-3-2-10(16)5-11(12)17/h2-5,8H,6-7,17H2,1H3,(H,18,20). The lowest BCUT2D eigenvalue weighted by molar-refractivity contribution is -0.117. The number of benzene rings is 1. The maximum atomic E-state index is 12.9. The molecule has 2 aromatic rings. The van der Waals surface area contributed by atoms with Crippen LogP contribution in [-0.4, -0.2) is 24.4 Å². The highest BCUT2D eigenvalue weighted by Gasteiger charge is 2.10. The summed E-state index contributed by atoms with van der Waals surface area (Å²) in [5.74, 6) is -0.615. The van der Waals surface area contributed by atoms with E-state index in [0.717, 1.165) is 9.35 Å². The van der Waals surface area contributed by atoms with Gasteiger partial charge in [0.1, 0.15) is 5.82 Å². The summed E-state index contributed by atoms with van der Waals surface area (Å²) < 4.78 is 14.0. The van der Waals surface area contributed by atoms with E-state index in [9.17, 15) is 9.18 Å². The molecule has 0 radical (unpaired) electrons. The van der Waals surface area contributed by atoms with Gasteiger partial charge in [-0.3, -0.25) is 9.69 Å². The highest BCUT2D eigenvalue weighted by molar-refractivity contribution is 9.11. The lowest BCUT2D eigenvalue weighted by atomic mass is 10.2. The van der Waals surface area contributed by atoms with Gasteiger partial charge in [0.2, 0.25) is 5.91 Å². The average Bonchev–Trinajstić information content (AvgIpc) is 2.78. The Bertz CT molecular complexity index is 647. The molecule has 0 unspecified atom stereocenters. The van der Waals surface area contributed by atoms with Crippen molar-refractivity contribution in [1.29, 1.82) is 0 Å². The van der Waals surface area contributed by atoms with Gasteiger partial charge in [0.05, 0.1) is 21.7 Å². The number of hydrogen-bond acceptors (Lipinski definition) is 4. The van der Waals surface area contributed by atoms with E-state index in [1.54, 1.807) is 11.3 Å². The van der Waals surface area contributed by atoms with E-state index in [0.29, 0.717) is 12.2 Å². The first-order valence-corrected chi connectivity index (χ1v) is 7.87. The predicted molar refractivity (Wildman–Crippen MR) is 87.8 cm³/mol. The highest BCUT2D eigenvalue weighted by Crippen LogP contribution is 2.22. The van der Waals surface area contributed by atoms with Gasteiger partial charge in [0, 0.05) is 6.54 Å². The first-order valence-electron chi connectivity index (χ1n) is 6.20. The molecule has 1 amide bonds. The Morgan fingerprint density at radius 1 is 1.48 bits per heavy atom. The van der Waals surface area contributed by atoms with E-state index in [1.807, 2.05) is 23.4 Å². The molecule has 0 bridgehead atoms. The van der Waals surface area contributed by atoms with E-state index >= 15 is 0 Å². The van der Waals surface area contributed by atoms with Gasteiger partial charge in [-0.15, -0.1) is 11.3 Å². The van der Waals surface area contributed by atoms with Crippen LogP contribution in [-0.2, 0) is 11.3 Å². The third-order valence-corrected chi connectivity index (χ3v) is 4.33. The molecule has 7 heteroatoms. The average molecular weight is 372 g/mol. The number of rotatable bonds is 5. The fourth-order valence-electron chi connectivity index (χ4n) is 1.88. The molecule has 0 saturated carbocycles. The van der Waals surface area contributed by atoms with E-state index in [1.165, 1.54) is 18.2 Å². The minimum absolute atomic E-state index is 0.190. The molecule has 3 N–H and O–H groups in total. The zero-order valence-corrected chi connectivity index (χ0v) is 13.8. The Morgan fingerprint density at radius 3 is 2.86 bits per heavy atom. The van der Waals surface area contributed by atoms with E-state index in [2.05, 4.69) is 21.2 Å². The van der Waals surface area contributed by atoms with Crippen molar-refractivity contribution in [3.8, 4) is 0 Å². The summed E-state index contributed by atoms with van der Waals surface area (Å²) in [7, 11) is 1.86. The van der Waals surface area contributed by atoms with Gasteiger partial charge in [-0.1, -0.05) is 0 Å². The van der Waals surface area contributed by atoms with Crippen LogP contribution in [0.15, 0.2) is 33.4 Å². The second-order valence-corrected chi connectivity index (χ2v) is 7.00. The van der Waals surface area contributed by atoms with E-state index in [-0.39, 0.29) is 18.1 Å². The molecule has 21 heavy (non-hydrogen) atoms. The molecule has 2 rings (SSSR count). The van der Waals surface area contributed by atoms with Crippen LogP contribution in [0.3, 0.4) is 0 Å². The lowest BCUT2D eigenvalue weighted by Crippen LogP contribution is -2.29. The third-order valence-electron chi connectivity index (χ3n) is 2.78. The quantitative estimate of drug-likeness (QED) is 0.792. The molecule has 0 atom stereocenters. The van der Waals surface area contributed by atoms with Crippen LogP contribution < -0.4 is 11.1 Å². The molecule has 0 fully saturated rings. The molecular weight excluding hydrogens is 357 g/mol. The molecule has 0 spiro atoms. The smallest absolute Gasteiger partial charge is 0.238 e. The number of nitrogen functional groups attached to an aromatic ring is 1. The highest BCUT2D eigenvalue weighted by atomic mass is 79.9. The topological polar surface area (TPSA) is 58.4 Å². The fourth-order valence-corrected chi connectivity index (χ4v) is 3.08. The Balaban J connectivity index is 1.89. The van der Waals surface area contributed by atoms with Crippen LogP contribution in [0.5, 0.6) is 0 Å². The number of carbonyl (C=O) groups excluding carboxylic acids is 1. The molecule has 0 aliphatic carbocycles. The number of amides is 1. The third kappa shape index (κ3) is 4.80. The summed E-state index contributed by atoms with van der Waals surface area (Å²) in [6.45, 7) is 0.901. The maximum Gasteiger partial charge on any atom is 0.238 e. The van der Waals surface area contributed by atoms with E-state index < -0.39 is 5.82 Å². The van der Waals surface area contributed by atoms with Gasteiger partial charge in [-0.2, -0.15) is 0 Å². The van der Waals surface area contributed by atoms with Gasteiger partial charge < -0.3 is 11.1 Å². The summed E-state index contributed by atoms with van der Waals surface area (Å²) in [6.07, 6.45) is 0. The monoisotopic (exact) mass is 371 g/mol. The number of nitrogens with two attached hydrogens (primary N) is 1. The number of carbonyl (C=O) groups is 1. The number of halogens is 2. The van der Waals surface area contributed by atoms with Crippen LogP contribution >= 0.6 is 27.3 Å². The number of thiophene rings is 1. The SMILES string of the molecule is CN(CC(=O)Nc1ccc(F)cc1N)Cc1csc(Br)c1. The van der Waals surface area contributed by atoms with Crippen molar-refractivity contribution in [1.82, 2.24) is 4.90 Å². The molecule has 4 nitrogen and oxygen atoms in total. The summed E-state index contributed by atoms with van der Waals surface area (Å²) >= 11 is 5.02. The van der Waals surface area contributed by atoms with Gasteiger partial charge in [0.15, 0.2) is 0 Å². The van der Waals surface area contributed by atoms with Gasteiger partial charge in [-0.25, -0.2) is 4.39 Å². The van der Waals surface area contributed by atoms with Crippen LogP contribution in [0.25, 0.3) is 0 Å². The van der Waals surface area contributed by atoms with Gasteiger partial charge >= 0.3 is 0 Å². The van der Waals surface area contributed by atoms with Crippen LogP contribution in [0.4, 0.5) is 15.8 Å². The van der Waals surface area contributed by atoms with E-state index in [4.69, 9.17) is 5.73 Å². The Morgan fingerprint density at radius 2 is 2.24 bits per heavy atom. The van der Waals surface area contributed by atoms with Crippen molar-refractivity contribution in [2.45, 2.75) is 6.54 Å². The summed E-state index contributed by atoms with van der Waals surface area (Å²) in [6, 6.07) is 5.93. The van der Waals surface area contributed by atoms with Crippen LogP contribution in [0.1, 0.15) is 5.56 Å². The zero-order chi connectivity index (χ0) is 15.4. The van der Waals surface area contributed by atoms with Gasteiger partial charge in [-0.05, 0) is 58.2 Å². The molecule has 0 aliphatic heterocycles. The Labute approximate surface area is 134 Å². The van der Waals surface area contributed by atoms with Gasteiger partial charge in [0.25, 0.3) is 0 Å². The minimum atomic E-state index is -0.425.